The van der Waals surface area contributed by atoms with Gasteiger partial charge >= 0.3 is 0 Å². The summed E-state index contributed by atoms with van der Waals surface area (Å²) in [6, 6.07) is 18.2. The van der Waals surface area contributed by atoms with E-state index in [4.69, 9.17) is 0 Å². The van der Waals surface area contributed by atoms with Crippen LogP contribution in [0.5, 0.6) is 0 Å². The van der Waals surface area contributed by atoms with E-state index in [1.165, 1.54) is 17.3 Å². The van der Waals surface area contributed by atoms with Crippen LogP contribution in [0.2, 0.25) is 0 Å². The van der Waals surface area contributed by atoms with Crippen LogP contribution >= 0.6 is 11.3 Å². The number of halogens is 2. The van der Waals surface area contributed by atoms with Gasteiger partial charge in [-0.1, -0.05) is 63.6 Å². The molecule has 7 rings (SSSR count). The van der Waals surface area contributed by atoms with Crippen molar-refractivity contribution in [3.05, 3.63) is 131 Å². The van der Waals surface area contributed by atoms with Gasteiger partial charge in [0, 0.05) is 81.0 Å². The normalized spacial score (nSPS) is 15.3. The maximum absolute atomic E-state index is 14.2. The van der Waals surface area contributed by atoms with Crippen LogP contribution in [0.4, 0.5) is 14.5 Å². The van der Waals surface area contributed by atoms with Crippen molar-refractivity contribution < 1.29 is 37.9 Å². The molecule has 6 N–H and O–H groups in total. The van der Waals surface area contributed by atoms with Gasteiger partial charge in [0.05, 0.1) is 34.8 Å². The highest BCUT2D eigenvalue weighted by Crippen LogP contribution is 2.29. The van der Waals surface area contributed by atoms with Gasteiger partial charge < -0.3 is 46.0 Å². The molecule has 4 amide bonds. The van der Waals surface area contributed by atoms with Crippen LogP contribution in [0, 0.1) is 29.9 Å². The number of carbonyl (C=O) groups excluding carboxylic acids is 5. The first-order chi connectivity index (χ1) is 36.1. The number of benzene rings is 3. The Balaban J connectivity index is 0.844. The standard InChI is InChI=1S/C54H64F2N12O6S/c1-34-48(75-33-64-34)37-18-16-35(17-19-37)26-61-52(73)45-25-40(70)30-68(45)53(74)49(54(2,3)4)60-27-36(31-69)10-5-6-15-47(71)58-21-9-23-67-46(65-66-50(67)44-20-22-57-32-63-44)29-59-39-12-7-11-38(24-39)51(72)62-28-41-42(55)13-8-14-43(41)56/h7-8,11-14,16-20,22,24,31-33,36,40,45,49,59-60,70H,5-6,9-10,15,21,23,25-30H2,1-4H3,(H,58,71)(H,61,73)(H,62,72)/t36?,40-,45?,49-/m1/s1. The predicted molar refractivity (Wildman–Crippen MR) is 279 cm³/mol. The van der Waals surface area contributed by atoms with Crippen LogP contribution in [-0.4, -0.2) is 107 Å². The summed E-state index contributed by atoms with van der Waals surface area (Å²) >= 11 is 1.57. The van der Waals surface area contributed by atoms with Crippen LogP contribution in [0.3, 0.4) is 0 Å². The Bertz CT molecular complexity index is 2880. The number of hydrogen-bond acceptors (Lipinski definition) is 14. The molecule has 1 saturated heterocycles. The van der Waals surface area contributed by atoms with Gasteiger partial charge in [-0.2, -0.15) is 0 Å². The lowest BCUT2D eigenvalue weighted by molar-refractivity contribution is -0.142. The molecule has 1 aliphatic rings. The lowest BCUT2D eigenvalue weighted by Gasteiger charge is -2.36. The Labute approximate surface area is 438 Å². The molecule has 75 heavy (non-hydrogen) atoms. The summed E-state index contributed by atoms with van der Waals surface area (Å²) in [6.07, 6.45) is 5.56. The average Bonchev–Trinajstić information content (AvgIpc) is 4.14. The molecule has 0 radical (unpaired) electrons. The number of likely N-dealkylation sites (tertiary alicyclic amines) is 1. The van der Waals surface area contributed by atoms with Gasteiger partial charge in [0.1, 0.15) is 36.0 Å². The number of aryl methyl sites for hydroxylation is 1. The largest absolute Gasteiger partial charge is 0.391 e. The fourth-order valence-electron chi connectivity index (χ4n) is 8.87. The van der Waals surface area contributed by atoms with Crippen LogP contribution in [0.25, 0.3) is 22.0 Å². The Morgan fingerprint density at radius 1 is 0.907 bits per heavy atom. The molecule has 21 heteroatoms. The molecule has 3 aromatic carbocycles. The first kappa shape index (κ1) is 55.4. The molecule has 4 atom stereocenters. The van der Waals surface area contributed by atoms with Crippen LogP contribution in [-0.2, 0) is 45.4 Å². The van der Waals surface area contributed by atoms with Gasteiger partial charge in [-0.05, 0) is 79.1 Å². The monoisotopic (exact) mass is 1050 g/mol. The summed E-state index contributed by atoms with van der Waals surface area (Å²) in [7, 11) is 0. The number of hydrogen-bond donors (Lipinski definition) is 6. The Hall–Kier alpha value is -7.36. The molecule has 396 valence electrons. The van der Waals surface area contributed by atoms with Gasteiger partial charge in [0.2, 0.25) is 17.7 Å². The molecular weight excluding hydrogens is 983 g/mol. The highest BCUT2D eigenvalue weighted by atomic mass is 32.1. The van der Waals surface area contributed by atoms with Crippen molar-refractivity contribution in [1.29, 1.82) is 0 Å². The van der Waals surface area contributed by atoms with Crippen molar-refractivity contribution in [1.82, 2.24) is 55.9 Å². The third-order valence-electron chi connectivity index (χ3n) is 13.0. The number of thiazole rings is 1. The molecular formula is C54H64F2N12O6S. The van der Waals surface area contributed by atoms with Gasteiger partial charge in [0.15, 0.2) is 11.6 Å². The minimum Gasteiger partial charge on any atom is -0.391 e. The molecule has 1 fully saturated rings. The van der Waals surface area contributed by atoms with E-state index in [-0.39, 0.29) is 74.4 Å². The number of anilines is 1. The fourth-order valence-corrected chi connectivity index (χ4v) is 9.68. The smallest absolute Gasteiger partial charge is 0.251 e. The van der Waals surface area contributed by atoms with Crippen LogP contribution < -0.4 is 26.6 Å². The van der Waals surface area contributed by atoms with Crippen molar-refractivity contribution in [3.8, 4) is 22.0 Å². The van der Waals surface area contributed by atoms with E-state index in [0.29, 0.717) is 61.8 Å². The van der Waals surface area contributed by atoms with Gasteiger partial charge in [0.25, 0.3) is 5.91 Å². The maximum atomic E-state index is 14.2. The molecule has 18 nitrogen and oxygen atoms in total. The molecule has 6 aromatic rings. The third kappa shape index (κ3) is 15.1. The number of amides is 4. The SMILES string of the molecule is Cc1ncsc1-c1ccc(CNC(=O)C2C[C@@H](O)CN2C(=O)[C@@H](NCC(C=O)CCCCC(=O)NCCCn2c(CNc3cccc(C(=O)NCc4c(F)cccc4F)c3)nnc2-c2ccncn2)C(C)(C)C)cc1. The number of β-amino-alcohol motifs (C(OH)–C–C–N with tert-alkyl or cyclic N) is 1. The highest BCUT2D eigenvalue weighted by Gasteiger charge is 2.44. The molecule has 0 aliphatic carbocycles. The summed E-state index contributed by atoms with van der Waals surface area (Å²) in [6.45, 7) is 8.89. The first-order valence-electron chi connectivity index (χ1n) is 25.0. The van der Waals surface area contributed by atoms with E-state index in [9.17, 15) is 37.9 Å². The second-order valence-corrected chi connectivity index (χ2v) is 20.5. The number of aliphatic hydroxyl groups is 1. The third-order valence-corrected chi connectivity index (χ3v) is 14.0. The Kier molecular flexibility index (Phi) is 19.4. The van der Waals surface area contributed by atoms with Crippen LogP contribution in [0.15, 0.2) is 90.8 Å². The molecule has 3 aromatic heterocycles. The summed E-state index contributed by atoms with van der Waals surface area (Å²) in [5, 5.41) is 34.5. The zero-order chi connectivity index (χ0) is 53.5. The number of aldehydes is 1. The van der Waals surface area contributed by atoms with E-state index >= 15 is 0 Å². The molecule has 0 bridgehead atoms. The van der Waals surface area contributed by atoms with Crippen LogP contribution in [0.1, 0.15) is 92.3 Å². The van der Waals surface area contributed by atoms with Crippen molar-refractivity contribution >= 4 is 46.9 Å². The number of aliphatic hydroxyl groups excluding tert-OH is 1. The van der Waals surface area contributed by atoms with Crippen molar-refractivity contribution in [2.24, 2.45) is 11.3 Å². The van der Waals surface area contributed by atoms with E-state index in [1.807, 2.05) is 62.0 Å². The number of unbranched alkanes of at least 4 members (excludes halogenated alkanes) is 1. The second-order valence-electron chi connectivity index (χ2n) is 19.6. The number of nitrogens with one attached hydrogen (secondary N) is 5. The zero-order valence-corrected chi connectivity index (χ0v) is 43.3. The summed E-state index contributed by atoms with van der Waals surface area (Å²) in [5.41, 5.74) is 5.31. The van der Waals surface area contributed by atoms with Crippen molar-refractivity contribution in [2.45, 2.75) is 111 Å². The minimum atomic E-state index is -0.857. The summed E-state index contributed by atoms with van der Waals surface area (Å²) in [5.74, 6) is -2.16. The molecule has 4 heterocycles. The molecule has 1 aliphatic heterocycles. The first-order valence-corrected chi connectivity index (χ1v) is 25.9. The predicted octanol–water partition coefficient (Wildman–Crippen LogP) is 6.15. The molecule has 0 spiro atoms. The van der Waals surface area contributed by atoms with E-state index in [1.54, 1.807) is 47.9 Å². The topological polar surface area (TPSA) is 238 Å². The highest BCUT2D eigenvalue weighted by molar-refractivity contribution is 7.13. The fraction of sp³-hybridized carbons (Fsp3) is 0.407. The Morgan fingerprint density at radius 2 is 1.68 bits per heavy atom. The zero-order valence-electron chi connectivity index (χ0n) is 42.5. The minimum absolute atomic E-state index is 0.0191. The molecule has 2 unspecified atom stereocenters. The lowest BCUT2D eigenvalue weighted by Crippen LogP contribution is -2.57. The maximum Gasteiger partial charge on any atom is 0.251 e. The molecule has 0 saturated carbocycles. The Morgan fingerprint density at radius 3 is 2.39 bits per heavy atom. The number of carbonyl (C=O) groups is 5. The van der Waals surface area contributed by atoms with Crippen molar-refractivity contribution in [2.75, 3.05) is 25.0 Å². The number of aromatic nitrogens is 6. The second kappa shape index (κ2) is 26.2. The van der Waals surface area contributed by atoms with Crippen molar-refractivity contribution in [3.63, 3.8) is 0 Å². The number of nitrogens with zero attached hydrogens (tertiary/aromatic N) is 7. The van der Waals surface area contributed by atoms with E-state index in [2.05, 4.69) is 51.7 Å². The van der Waals surface area contributed by atoms with Gasteiger partial charge in [-0.3, -0.25) is 19.2 Å². The summed E-state index contributed by atoms with van der Waals surface area (Å²) in [4.78, 5) is 81.1. The van der Waals surface area contributed by atoms with E-state index in [0.717, 1.165) is 40.1 Å². The van der Waals surface area contributed by atoms with Gasteiger partial charge in [-0.25, -0.2) is 23.7 Å². The number of rotatable bonds is 25. The van der Waals surface area contributed by atoms with Gasteiger partial charge in [-0.15, -0.1) is 21.5 Å². The average molecular weight is 1050 g/mol. The quantitative estimate of drug-likeness (QED) is 0.0279. The lowest BCUT2D eigenvalue weighted by atomic mass is 9.85. The summed E-state index contributed by atoms with van der Waals surface area (Å²) < 4.78 is 30.1. The van der Waals surface area contributed by atoms with E-state index < -0.39 is 47.1 Å².